The van der Waals surface area contributed by atoms with Gasteiger partial charge in [0.15, 0.2) is 0 Å². The SMILES string of the molecule is COc1ccc(-c2ccc3cc(Br)ccc3n2)c(OC)c1. The van der Waals surface area contributed by atoms with Gasteiger partial charge in [0.25, 0.3) is 0 Å². The number of benzene rings is 2. The van der Waals surface area contributed by atoms with Crippen molar-refractivity contribution in [1.29, 1.82) is 0 Å². The average molecular weight is 344 g/mol. The molecule has 3 rings (SSSR count). The molecule has 0 atom stereocenters. The summed E-state index contributed by atoms with van der Waals surface area (Å²) in [7, 11) is 3.29. The number of nitrogens with zero attached hydrogens (tertiary/aromatic N) is 1. The molecule has 106 valence electrons. The van der Waals surface area contributed by atoms with Crippen LogP contribution in [-0.4, -0.2) is 19.2 Å². The van der Waals surface area contributed by atoms with Gasteiger partial charge in [-0.3, -0.25) is 0 Å². The molecule has 0 aliphatic heterocycles. The molecule has 0 unspecified atom stereocenters. The topological polar surface area (TPSA) is 31.4 Å². The fourth-order valence-electron chi connectivity index (χ4n) is 2.26. The predicted octanol–water partition coefficient (Wildman–Crippen LogP) is 4.68. The van der Waals surface area contributed by atoms with E-state index in [9.17, 15) is 0 Å². The Morgan fingerprint density at radius 3 is 2.52 bits per heavy atom. The molecule has 0 saturated carbocycles. The number of methoxy groups -OCH3 is 2. The molecular formula is C17H14BrNO2. The van der Waals surface area contributed by atoms with Crippen LogP contribution in [0.5, 0.6) is 11.5 Å². The number of rotatable bonds is 3. The van der Waals surface area contributed by atoms with E-state index >= 15 is 0 Å². The standard InChI is InChI=1S/C17H14BrNO2/c1-20-13-5-6-14(17(10-13)21-2)16-7-3-11-9-12(18)4-8-15(11)19-16/h3-10H,1-2H3. The maximum Gasteiger partial charge on any atom is 0.131 e. The Bertz CT molecular complexity index is 802. The molecule has 2 aromatic carbocycles. The van der Waals surface area contributed by atoms with E-state index in [1.807, 2.05) is 36.4 Å². The van der Waals surface area contributed by atoms with Crippen molar-refractivity contribution in [3.63, 3.8) is 0 Å². The summed E-state index contributed by atoms with van der Waals surface area (Å²) in [5.41, 5.74) is 2.78. The zero-order chi connectivity index (χ0) is 14.8. The van der Waals surface area contributed by atoms with Gasteiger partial charge in [-0.25, -0.2) is 4.98 Å². The fraction of sp³-hybridized carbons (Fsp3) is 0.118. The van der Waals surface area contributed by atoms with Crippen LogP contribution >= 0.6 is 15.9 Å². The van der Waals surface area contributed by atoms with E-state index in [0.29, 0.717) is 0 Å². The number of hydrogen-bond acceptors (Lipinski definition) is 3. The van der Waals surface area contributed by atoms with Gasteiger partial charge in [0.2, 0.25) is 0 Å². The van der Waals surface area contributed by atoms with E-state index in [2.05, 4.69) is 28.1 Å². The van der Waals surface area contributed by atoms with Crippen LogP contribution in [0.25, 0.3) is 22.2 Å². The van der Waals surface area contributed by atoms with Crippen molar-refractivity contribution in [3.05, 3.63) is 53.0 Å². The molecule has 0 aliphatic rings. The monoisotopic (exact) mass is 343 g/mol. The smallest absolute Gasteiger partial charge is 0.131 e. The number of halogens is 1. The minimum Gasteiger partial charge on any atom is -0.497 e. The van der Waals surface area contributed by atoms with E-state index in [-0.39, 0.29) is 0 Å². The van der Waals surface area contributed by atoms with Gasteiger partial charge >= 0.3 is 0 Å². The predicted molar refractivity (Wildman–Crippen MR) is 88.0 cm³/mol. The summed E-state index contributed by atoms with van der Waals surface area (Å²) < 4.78 is 11.7. The summed E-state index contributed by atoms with van der Waals surface area (Å²) in [6.45, 7) is 0. The summed E-state index contributed by atoms with van der Waals surface area (Å²) in [6, 6.07) is 15.8. The Labute approximate surface area is 131 Å². The summed E-state index contributed by atoms with van der Waals surface area (Å²) >= 11 is 3.47. The molecule has 1 heterocycles. The van der Waals surface area contributed by atoms with Crippen molar-refractivity contribution in [2.75, 3.05) is 14.2 Å². The number of hydrogen-bond donors (Lipinski definition) is 0. The first-order valence-electron chi connectivity index (χ1n) is 6.50. The van der Waals surface area contributed by atoms with E-state index in [1.54, 1.807) is 14.2 Å². The normalized spacial score (nSPS) is 10.6. The Balaban J connectivity index is 2.13. The van der Waals surface area contributed by atoms with Crippen LogP contribution in [0, 0.1) is 0 Å². The van der Waals surface area contributed by atoms with Crippen LogP contribution in [0.2, 0.25) is 0 Å². The lowest BCUT2D eigenvalue weighted by Crippen LogP contribution is -1.92. The molecule has 3 nitrogen and oxygen atoms in total. The molecule has 21 heavy (non-hydrogen) atoms. The molecule has 0 amide bonds. The van der Waals surface area contributed by atoms with Crippen molar-refractivity contribution in [2.45, 2.75) is 0 Å². The van der Waals surface area contributed by atoms with Crippen LogP contribution in [0.4, 0.5) is 0 Å². The van der Waals surface area contributed by atoms with E-state index in [0.717, 1.165) is 38.1 Å². The maximum absolute atomic E-state index is 5.45. The van der Waals surface area contributed by atoms with Crippen LogP contribution in [-0.2, 0) is 0 Å². The molecule has 0 aliphatic carbocycles. The van der Waals surface area contributed by atoms with E-state index in [1.165, 1.54) is 0 Å². The number of ether oxygens (including phenoxy) is 2. The molecule has 0 fully saturated rings. The fourth-order valence-corrected chi connectivity index (χ4v) is 2.64. The second-order valence-corrected chi connectivity index (χ2v) is 5.52. The molecule has 0 radical (unpaired) electrons. The molecule has 1 aromatic heterocycles. The molecule has 0 saturated heterocycles. The lowest BCUT2D eigenvalue weighted by molar-refractivity contribution is 0.395. The Hall–Kier alpha value is -2.07. The Morgan fingerprint density at radius 1 is 0.905 bits per heavy atom. The highest BCUT2D eigenvalue weighted by molar-refractivity contribution is 9.10. The molecule has 0 bridgehead atoms. The second kappa shape index (κ2) is 5.74. The van der Waals surface area contributed by atoms with Gasteiger partial charge in [-0.05, 0) is 36.4 Å². The summed E-state index contributed by atoms with van der Waals surface area (Å²) in [5.74, 6) is 1.51. The average Bonchev–Trinajstić information content (AvgIpc) is 2.53. The van der Waals surface area contributed by atoms with Crippen LogP contribution in [0.1, 0.15) is 0 Å². The van der Waals surface area contributed by atoms with Crippen molar-refractivity contribution < 1.29 is 9.47 Å². The van der Waals surface area contributed by atoms with Crippen LogP contribution in [0.15, 0.2) is 53.0 Å². The van der Waals surface area contributed by atoms with E-state index < -0.39 is 0 Å². The van der Waals surface area contributed by atoms with Crippen LogP contribution < -0.4 is 9.47 Å². The Morgan fingerprint density at radius 2 is 1.76 bits per heavy atom. The highest BCUT2D eigenvalue weighted by Gasteiger charge is 2.09. The Kier molecular flexibility index (Phi) is 3.80. The highest BCUT2D eigenvalue weighted by atomic mass is 79.9. The zero-order valence-electron chi connectivity index (χ0n) is 11.8. The van der Waals surface area contributed by atoms with Gasteiger partial charge in [-0.2, -0.15) is 0 Å². The van der Waals surface area contributed by atoms with Gasteiger partial charge in [-0.15, -0.1) is 0 Å². The summed E-state index contributed by atoms with van der Waals surface area (Å²) in [6.07, 6.45) is 0. The van der Waals surface area contributed by atoms with Crippen molar-refractivity contribution in [1.82, 2.24) is 4.98 Å². The molecular weight excluding hydrogens is 330 g/mol. The van der Waals surface area contributed by atoms with Gasteiger partial charge in [0, 0.05) is 21.5 Å². The van der Waals surface area contributed by atoms with Gasteiger partial charge in [-0.1, -0.05) is 22.0 Å². The number of fused-ring (bicyclic) bond motifs is 1. The van der Waals surface area contributed by atoms with Gasteiger partial charge < -0.3 is 9.47 Å². The third-order valence-corrected chi connectivity index (χ3v) is 3.83. The largest absolute Gasteiger partial charge is 0.497 e. The van der Waals surface area contributed by atoms with Crippen LogP contribution in [0.3, 0.4) is 0 Å². The number of pyridine rings is 1. The van der Waals surface area contributed by atoms with Gasteiger partial charge in [0.05, 0.1) is 25.4 Å². The molecule has 0 spiro atoms. The molecule has 4 heteroatoms. The second-order valence-electron chi connectivity index (χ2n) is 4.60. The van der Waals surface area contributed by atoms with E-state index in [4.69, 9.17) is 14.5 Å². The highest BCUT2D eigenvalue weighted by Crippen LogP contribution is 2.33. The van der Waals surface area contributed by atoms with Gasteiger partial charge in [0.1, 0.15) is 11.5 Å². The van der Waals surface area contributed by atoms with Crippen molar-refractivity contribution >= 4 is 26.8 Å². The number of aromatic nitrogens is 1. The first-order chi connectivity index (χ1) is 10.2. The lowest BCUT2D eigenvalue weighted by Gasteiger charge is -2.10. The minimum atomic E-state index is 0.748. The first-order valence-corrected chi connectivity index (χ1v) is 7.29. The lowest BCUT2D eigenvalue weighted by atomic mass is 10.1. The minimum absolute atomic E-state index is 0.748. The summed E-state index contributed by atoms with van der Waals surface area (Å²) in [5, 5.41) is 1.10. The zero-order valence-corrected chi connectivity index (χ0v) is 13.3. The summed E-state index contributed by atoms with van der Waals surface area (Å²) in [4.78, 5) is 4.71. The quantitative estimate of drug-likeness (QED) is 0.691. The first kappa shape index (κ1) is 13.9. The third-order valence-electron chi connectivity index (χ3n) is 3.34. The van der Waals surface area contributed by atoms with Crippen molar-refractivity contribution in [2.24, 2.45) is 0 Å². The molecule has 0 N–H and O–H groups in total. The maximum atomic E-state index is 5.45. The van der Waals surface area contributed by atoms with Crippen molar-refractivity contribution in [3.8, 4) is 22.8 Å². The molecule has 3 aromatic rings. The third kappa shape index (κ3) is 2.72.